The van der Waals surface area contributed by atoms with E-state index in [1.54, 1.807) is 20.8 Å². The number of methoxy groups -OCH3 is 1. The van der Waals surface area contributed by atoms with Crippen LogP contribution in [0.4, 0.5) is 4.79 Å². The predicted octanol–water partition coefficient (Wildman–Crippen LogP) is 1.96. The number of fused-ring (bicyclic) bond motifs is 1. The molecule has 0 saturated carbocycles. The van der Waals surface area contributed by atoms with Crippen LogP contribution in [0, 0.1) is 5.92 Å². The van der Waals surface area contributed by atoms with Gasteiger partial charge in [-0.25, -0.2) is 4.79 Å². The fourth-order valence-corrected chi connectivity index (χ4v) is 3.21. The van der Waals surface area contributed by atoms with E-state index in [9.17, 15) is 14.4 Å². The fourth-order valence-electron chi connectivity index (χ4n) is 3.21. The molecule has 25 heavy (non-hydrogen) atoms. The molecule has 2 aliphatic heterocycles. The first-order valence-corrected chi connectivity index (χ1v) is 8.75. The molecule has 0 aromatic carbocycles. The summed E-state index contributed by atoms with van der Waals surface area (Å²) in [6.07, 6.45) is 5.91. The molecule has 2 rings (SSSR count). The van der Waals surface area contributed by atoms with Crippen LogP contribution >= 0.6 is 0 Å². The summed E-state index contributed by atoms with van der Waals surface area (Å²) < 4.78 is 10.2. The van der Waals surface area contributed by atoms with Gasteiger partial charge in [0.2, 0.25) is 5.91 Å². The van der Waals surface area contributed by atoms with Gasteiger partial charge in [0.15, 0.2) is 0 Å². The zero-order chi connectivity index (χ0) is 18.6. The van der Waals surface area contributed by atoms with Crippen LogP contribution in [0.25, 0.3) is 0 Å². The van der Waals surface area contributed by atoms with Gasteiger partial charge in [-0.05, 0) is 40.0 Å². The molecule has 0 aromatic rings. The van der Waals surface area contributed by atoms with Crippen molar-refractivity contribution < 1.29 is 23.9 Å². The number of hydrogen-bond donors (Lipinski definition) is 0. The Morgan fingerprint density at radius 2 is 2.00 bits per heavy atom. The van der Waals surface area contributed by atoms with Crippen molar-refractivity contribution in [3.63, 3.8) is 0 Å². The first-order valence-electron chi connectivity index (χ1n) is 8.75. The second-order valence-corrected chi connectivity index (χ2v) is 7.48. The van der Waals surface area contributed by atoms with Gasteiger partial charge in [-0.2, -0.15) is 0 Å². The quantitative estimate of drug-likeness (QED) is 0.561. The summed E-state index contributed by atoms with van der Waals surface area (Å²) in [6.45, 7) is 6.23. The number of esters is 1. The Morgan fingerprint density at radius 3 is 2.64 bits per heavy atom. The third-order valence-corrected chi connectivity index (χ3v) is 4.37. The minimum absolute atomic E-state index is 0.0572. The number of nitrogens with zero attached hydrogens (tertiary/aromatic N) is 2. The molecule has 0 radical (unpaired) electrons. The molecule has 0 spiro atoms. The maximum Gasteiger partial charge on any atom is 0.410 e. The zero-order valence-electron chi connectivity index (χ0n) is 15.5. The molecule has 2 heterocycles. The molecular weight excluding hydrogens is 324 g/mol. The van der Waals surface area contributed by atoms with Crippen LogP contribution in [0.5, 0.6) is 0 Å². The molecule has 0 aliphatic carbocycles. The first-order chi connectivity index (χ1) is 11.7. The van der Waals surface area contributed by atoms with Crippen LogP contribution in [0.1, 0.15) is 40.0 Å². The summed E-state index contributed by atoms with van der Waals surface area (Å²) in [4.78, 5) is 40.3. The van der Waals surface area contributed by atoms with Gasteiger partial charge in [0.05, 0.1) is 7.11 Å². The topological polar surface area (TPSA) is 76.2 Å². The van der Waals surface area contributed by atoms with Crippen LogP contribution in [-0.2, 0) is 19.1 Å². The van der Waals surface area contributed by atoms with E-state index < -0.39 is 23.7 Å². The number of allylic oxidation sites excluding steroid dienone is 1. The molecule has 0 unspecified atom stereocenters. The summed E-state index contributed by atoms with van der Waals surface area (Å²) in [5.74, 6) is -0.734. The number of ether oxygens (including phenoxy) is 2. The lowest BCUT2D eigenvalue weighted by molar-refractivity contribution is -0.148. The summed E-state index contributed by atoms with van der Waals surface area (Å²) in [5.41, 5.74) is -0.627. The SMILES string of the molecule is COC(=O)CN1CCC/C=C\[C@H]2CCN(C(=O)OC(C)(C)C)[C@@H]2C1=O. The summed E-state index contributed by atoms with van der Waals surface area (Å²) in [6, 6.07) is -0.631. The summed E-state index contributed by atoms with van der Waals surface area (Å²) >= 11 is 0. The number of rotatable bonds is 2. The van der Waals surface area contributed by atoms with E-state index in [4.69, 9.17) is 9.47 Å². The second kappa shape index (κ2) is 7.89. The average Bonchev–Trinajstić information content (AvgIpc) is 2.95. The van der Waals surface area contributed by atoms with E-state index in [0.29, 0.717) is 19.5 Å². The highest BCUT2D eigenvalue weighted by Crippen LogP contribution is 2.30. The standard InChI is InChI=1S/C18H28N2O5/c1-18(2,3)25-17(23)20-11-9-13-8-6-5-7-10-19(12-14(21)24-4)16(22)15(13)20/h6,8,13,15H,5,7,9-12H2,1-4H3/b8-6-/t13-,15-/m0/s1. The molecule has 7 heteroatoms. The Bertz CT molecular complexity index is 552. The Balaban J connectivity index is 2.24. The highest BCUT2D eigenvalue weighted by atomic mass is 16.6. The van der Waals surface area contributed by atoms with E-state index in [-0.39, 0.29) is 18.4 Å². The molecule has 0 aromatic heterocycles. The highest BCUT2D eigenvalue weighted by molar-refractivity contribution is 5.89. The number of carbonyl (C=O) groups excluding carboxylic acids is 3. The maximum atomic E-state index is 13.1. The molecule has 1 saturated heterocycles. The molecule has 2 atom stereocenters. The van der Waals surface area contributed by atoms with Gasteiger partial charge in [-0.1, -0.05) is 12.2 Å². The Kier molecular flexibility index (Phi) is 6.08. The Morgan fingerprint density at radius 1 is 1.28 bits per heavy atom. The second-order valence-electron chi connectivity index (χ2n) is 7.48. The molecule has 7 nitrogen and oxygen atoms in total. The number of likely N-dealkylation sites (tertiary alicyclic amines) is 1. The van der Waals surface area contributed by atoms with E-state index in [1.165, 1.54) is 16.9 Å². The molecule has 1 fully saturated rings. The van der Waals surface area contributed by atoms with Gasteiger partial charge in [0.25, 0.3) is 0 Å². The average molecular weight is 352 g/mol. The van der Waals surface area contributed by atoms with Gasteiger partial charge in [0.1, 0.15) is 18.2 Å². The molecule has 2 aliphatic rings. The van der Waals surface area contributed by atoms with Crippen molar-refractivity contribution in [3.05, 3.63) is 12.2 Å². The lowest BCUT2D eigenvalue weighted by Gasteiger charge is -2.32. The Hall–Kier alpha value is -2.05. The van der Waals surface area contributed by atoms with Gasteiger partial charge < -0.3 is 14.4 Å². The lowest BCUT2D eigenvalue weighted by atomic mass is 9.98. The van der Waals surface area contributed by atoms with Gasteiger partial charge in [-0.3, -0.25) is 14.5 Å². The van der Waals surface area contributed by atoms with Crippen LogP contribution < -0.4 is 0 Å². The number of amides is 2. The predicted molar refractivity (Wildman–Crippen MR) is 91.8 cm³/mol. The van der Waals surface area contributed by atoms with Gasteiger partial charge in [-0.15, -0.1) is 0 Å². The van der Waals surface area contributed by atoms with Crippen molar-refractivity contribution in [2.75, 3.05) is 26.7 Å². The van der Waals surface area contributed by atoms with Crippen molar-refractivity contribution in [3.8, 4) is 0 Å². The minimum Gasteiger partial charge on any atom is -0.468 e. The van der Waals surface area contributed by atoms with Crippen LogP contribution in [0.2, 0.25) is 0 Å². The fraction of sp³-hybridized carbons (Fsp3) is 0.722. The van der Waals surface area contributed by atoms with Crippen molar-refractivity contribution in [1.29, 1.82) is 0 Å². The van der Waals surface area contributed by atoms with E-state index in [0.717, 1.165) is 12.8 Å². The largest absolute Gasteiger partial charge is 0.468 e. The van der Waals surface area contributed by atoms with E-state index in [1.807, 2.05) is 6.08 Å². The lowest BCUT2D eigenvalue weighted by Crippen LogP contribution is -2.52. The smallest absolute Gasteiger partial charge is 0.410 e. The van der Waals surface area contributed by atoms with Crippen molar-refractivity contribution >= 4 is 18.0 Å². The molecule has 2 amide bonds. The highest BCUT2D eigenvalue weighted by Gasteiger charge is 2.44. The normalized spacial score (nSPS) is 25.5. The minimum atomic E-state index is -0.631. The van der Waals surface area contributed by atoms with Crippen molar-refractivity contribution in [2.24, 2.45) is 5.92 Å². The van der Waals surface area contributed by atoms with Gasteiger partial charge in [0, 0.05) is 19.0 Å². The molecule has 0 N–H and O–H groups in total. The number of carbonyl (C=O) groups is 3. The van der Waals surface area contributed by atoms with Gasteiger partial charge >= 0.3 is 12.1 Å². The maximum absolute atomic E-state index is 13.1. The monoisotopic (exact) mass is 352 g/mol. The molecule has 0 bridgehead atoms. The summed E-state index contributed by atoms with van der Waals surface area (Å²) in [5, 5.41) is 0. The Labute approximate surface area is 148 Å². The summed E-state index contributed by atoms with van der Waals surface area (Å²) in [7, 11) is 1.30. The van der Waals surface area contributed by atoms with Crippen molar-refractivity contribution in [2.45, 2.75) is 51.7 Å². The van der Waals surface area contributed by atoms with Crippen LogP contribution in [-0.4, -0.2) is 66.2 Å². The third-order valence-electron chi connectivity index (χ3n) is 4.37. The molecular formula is C18H28N2O5. The zero-order valence-corrected chi connectivity index (χ0v) is 15.5. The van der Waals surface area contributed by atoms with Crippen LogP contribution in [0.15, 0.2) is 12.2 Å². The van der Waals surface area contributed by atoms with E-state index >= 15 is 0 Å². The first kappa shape index (κ1) is 19.3. The van der Waals surface area contributed by atoms with Crippen LogP contribution in [0.3, 0.4) is 0 Å². The van der Waals surface area contributed by atoms with Crippen molar-refractivity contribution in [1.82, 2.24) is 9.80 Å². The third kappa shape index (κ3) is 4.96. The van der Waals surface area contributed by atoms with E-state index in [2.05, 4.69) is 6.08 Å². The number of hydrogen-bond acceptors (Lipinski definition) is 5. The molecule has 140 valence electrons.